The van der Waals surface area contributed by atoms with Crippen LogP contribution < -0.4 is 10.1 Å². The first-order valence-corrected chi connectivity index (χ1v) is 9.38. The molecule has 0 bridgehead atoms. The number of carbonyl (C=O) groups excluding carboxylic acids is 2. The standard InChI is InChI=1S/C20H24N4O3/c1-13(2)15-10-16(23-22-15)19(26)24-9-5-8-20(12-24)11-21-18(25)14-6-3-4-7-17(14)27-20/h3-4,6-7,10,13H,5,8-9,11-12H2,1-2H3,(H,21,25)(H,22,23). The minimum Gasteiger partial charge on any atom is -0.483 e. The van der Waals surface area contributed by atoms with Crippen LogP contribution in [0.25, 0.3) is 0 Å². The maximum absolute atomic E-state index is 13.0. The number of nitrogens with one attached hydrogen (secondary N) is 2. The van der Waals surface area contributed by atoms with Crippen molar-refractivity contribution < 1.29 is 14.3 Å². The van der Waals surface area contributed by atoms with Gasteiger partial charge in [-0.2, -0.15) is 5.10 Å². The van der Waals surface area contributed by atoms with E-state index in [1.165, 1.54) is 0 Å². The van der Waals surface area contributed by atoms with Gasteiger partial charge in [-0.25, -0.2) is 0 Å². The van der Waals surface area contributed by atoms with E-state index >= 15 is 0 Å². The molecular weight excluding hydrogens is 344 g/mol. The SMILES string of the molecule is CC(C)c1cc(C(=O)N2CCCC3(CNC(=O)c4ccccc4O3)C2)n[nH]1. The molecule has 1 aromatic carbocycles. The van der Waals surface area contributed by atoms with Gasteiger partial charge in [0.25, 0.3) is 11.8 Å². The van der Waals surface area contributed by atoms with Crippen LogP contribution in [-0.2, 0) is 0 Å². The van der Waals surface area contributed by atoms with E-state index in [9.17, 15) is 9.59 Å². The Bertz CT molecular complexity index is 876. The predicted molar refractivity (Wildman–Crippen MR) is 99.9 cm³/mol. The minimum absolute atomic E-state index is 0.107. The number of piperidine rings is 1. The highest BCUT2D eigenvalue weighted by atomic mass is 16.5. The zero-order valence-electron chi connectivity index (χ0n) is 15.6. The van der Waals surface area contributed by atoms with Crippen LogP contribution in [0, 0.1) is 0 Å². The normalized spacial score (nSPS) is 22.2. The summed E-state index contributed by atoms with van der Waals surface area (Å²) in [5, 5.41) is 10.1. The summed E-state index contributed by atoms with van der Waals surface area (Å²) < 4.78 is 6.31. The fraction of sp³-hybridized carbons (Fsp3) is 0.450. The Hall–Kier alpha value is -2.83. The second-order valence-electron chi connectivity index (χ2n) is 7.66. The van der Waals surface area contributed by atoms with Crippen molar-refractivity contribution in [3.05, 3.63) is 47.3 Å². The second-order valence-corrected chi connectivity index (χ2v) is 7.66. The van der Waals surface area contributed by atoms with E-state index in [1.54, 1.807) is 11.0 Å². The topological polar surface area (TPSA) is 87.3 Å². The number of aromatic nitrogens is 2. The van der Waals surface area contributed by atoms with Crippen molar-refractivity contribution in [2.24, 2.45) is 0 Å². The number of fused-ring (bicyclic) bond motifs is 1. The van der Waals surface area contributed by atoms with Gasteiger partial charge in [0, 0.05) is 12.2 Å². The third-order valence-electron chi connectivity index (χ3n) is 5.29. The molecule has 4 rings (SSSR count). The van der Waals surface area contributed by atoms with Crippen LogP contribution in [0.1, 0.15) is 59.1 Å². The van der Waals surface area contributed by atoms with Crippen molar-refractivity contribution in [1.29, 1.82) is 0 Å². The first kappa shape index (κ1) is 17.6. The lowest BCUT2D eigenvalue weighted by atomic mass is 9.92. The fourth-order valence-corrected chi connectivity index (χ4v) is 3.75. The maximum Gasteiger partial charge on any atom is 0.274 e. The Balaban J connectivity index is 1.57. The fourth-order valence-electron chi connectivity index (χ4n) is 3.75. The Labute approximate surface area is 158 Å². The third-order valence-corrected chi connectivity index (χ3v) is 5.29. The molecule has 7 nitrogen and oxygen atoms in total. The molecule has 0 aliphatic carbocycles. The van der Waals surface area contributed by atoms with Crippen molar-refractivity contribution >= 4 is 11.8 Å². The maximum atomic E-state index is 13.0. The Kier molecular flexibility index (Phi) is 4.37. The van der Waals surface area contributed by atoms with E-state index in [1.807, 2.05) is 24.3 Å². The number of likely N-dealkylation sites (tertiary alicyclic amines) is 1. The summed E-state index contributed by atoms with van der Waals surface area (Å²) in [7, 11) is 0. The molecule has 0 saturated carbocycles. The lowest BCUT2D eigenvalue weighted by Gasteiger charge is -2.41. The highest BCUT2D eigenvalue weighted by molar-refractivity contribution is 5.97. The lowest BCUT2D eigenvalue weighted by molar-refractivity contribution is -0.00109. The van der Waals surface area contributed by atoms with Crippen LogP contribution in [0.4, 0.5) is 0 Å². The number of nitrogens with zero attached hydrogens (tertiary/aromatic N) is 2. The van der Waals surface area contributed by atoms with Gasteiger partial charge >= 0.3 is 0 Å². The van der Waals surface area contributed by atoms with Gasteiger partial charge in [0.15, 0.2) is 0 Å². The average Bonchev–Trinajstić information content (AvgIpc) is 3.12. The van der Waals surface area contributed by atoms with E-state index < -0.39 is 5.60 Å². The first-order chi connectivity index (χ1) is 13.0. The number of ether oxygens (including phenoxy) is 1. The van der Waals surface area contributed by atoms with E-state index in [-0.39, 0.29) is 17.7 Å². The number of hydrogen-bond acceptors (Lipinski definition) is 4. The van der Waals surface area contributed by atoms with Crippen molar-refractivity contribution in [1.82, 2.24) is 20.4 Å². The number of rotatable bonds is 2. The molecule has 0 radical (unpaired) electrons. The smallest absolute Gasteiger partial charge is 0.274 e. The summed E-state index contributed by atoms with van der Waals surface area (Å²) in [5.41, 5.74) is 1.28. The molecule has 142 valence electrons. The van der Waals surface area contributed by atoms with Gasteiger partial charge in [-0.3, -0.25) is 14.7 Å². The van der Waals surface area contributed by atoms with Gasteiger partial charge in [-0.1, -0.05) is 26.0 Å². The van der Waals surface area contributed by atoms with Gasteiger partial charge in [0.05, 0.1) is 18.7 Å². The molecule has 2 aromatic rings. The molecule has 1 spiro atoms. The number of aromatic amines is 1. The summed E-state index contributed by atoms with van der Waals surface area (Å²) in [6, 6.07) is 9.06. The number of benzene rings is 1. The molecule has 1 atom stereocenters. The average molecular weight is 368 g/mol. The van der Waals surface area contributed by atoms with Crippen molar-refractivity contribution in [2.75, 3.05) is 19.6 Å². The third kappa shape index (κ3) is 3.29. The van der Waals surface area contributed by atoms with Gasteiger partial charge in [-0.05, 0) is 37.0 Å². The number of para-hydroxylation sites is 1. The molecule has 3 heterocycles. The van der Waals surface area contributed by atoms with Crippen molar-refractivity contribution in [3.63, 3.8) is 0 Å². The van der Waals surface area contributed by atoms with E-state index in [0.29, 0.717) is 36.6 Å². The summed E-state index contributed by atoms with van der Waals surface area (Å²) in [6.45, 7) is 5.56. The molecule has 27 heavy (non-hydrogen) atoms. The number of H-pyrrole nitrogens is 1. The molecule has 2 amide bonds. The minimum atomic E-state index is -0.618. The molecule has 1 unspecified atom stereocenters. The molecule has 1 saturated heterocycles. The van der Waals surface area contributed by atoms with Gasteiger partial charge in [0.2, 0.25) is 0 Å². The number of amides is 2. The van der Waals surface area contributed by atoms with Crippen LogP contribution in [-0.4, -0.2) is 52.1 Å². The highest BCUT2D eigenvalue weighted by Gasteiger charge is 2.42. The molecule has 2 aliphatic heterocycles. The summed E-state index contributed by atoms with van der Waals surface area (Å²) in [5.74, 6) is 0.608. The van der Waals surface area contributed by atoms with E-state index in [2.05, 4.69) is 29.4 Å². The summed E-state index contributed by atoms with van der Waals surface area (Å²) in [4.78, 5) is 27.1. The monoisotopic (exact) mass is 368 g/mol. The molecule has 1 fully saturated rings. The molecule has 7 heteroatoms. The number of carbonyl (C=O) groups is 2. The zero-order valence-corrected chi connectivity index (χ0v) is 15.6. The van der Waals surface area contributed by atoms with Crippen LogP contribution in [0.3, 0.4) is 0 Å². The summed E-state index contributed by atoms with van der Waals surface area (Å²) in [6.07, 6.45) is 1.59. The van der Waals surface area contributed by atoms with Crippen LogP contribution in [0.5, 0.6) is 5.75 Å². The molecule has 2 N–H and O–H groups in total. The van der Waals surface area contributed by atoms with Gasteiger partial charge in [-0.15, -0.1) is 0 Å². The Morgan fingerprint density at radius 2 is 2.15 bits per heavy atom. The van der Waals surface area contributed by atoms with Crippen molar-refractivity contribution in [3.8, 4) is 5.75 Å². The van der Waals surface area contributed by atoms with Gasteiger partial charge < -0.3 is 15.0 Å². The summed E-state index contributed by atoms with van der Waals surface area (Å²) >= 11 is 0. The van der Waals surface area contributed by atoms with Crippen LogP contribution in [0.15, 0.2) is 30.3 Å². The predicted octanol–water partition coefficient (Wildman–Crippen LogP) is 2.33. The highest BCUT2D eigenvalue weighted by Crippen LogP contribution is 2.32. The quantitative estimate of drug-likeness (QED) is 0.852. The first-order valence-electron chi connectivity index (χ1n) is 9.38. The molecule has 2 aliphatic rings. The van der Waals surface area contributed by atoms with Crippen LogP contribution >= 0.6 is 0 Å². The van der Waals surface area contributed by atoms with E-state index in [4.69, 9.17) is 4.74 Å². The largest absolute Gasteiger partial charge is 0.483 e. The Morgan fingerprint density at radius 1 is 1.33 bits per heavy atom. The molecule has 1 aromatic heterocycles. The Morgan fingerprint density at radius 3 is 2.93 bits per heavy atom. The van der Waals surface area contributed by atoms with Crippen molar-refractivity contribution in [2.45, 2.75) is 38.2 Å². The second kappa shape index (κ2) is 6.72. The zero-order chi connectivity index (χ0) is 19.0. The molecular formula is C20H24N4O3. The van der Waals surface area contributed by atoms with Crippen LogP contribution in [0.2, 0.25) is 0 Å². The number of hydrogen-bond donors (Lipinski definition) is 2. The van der Waals surface area contributed by atoms with E-state index in [0.717, 1.165) is 18.5 Å². The van der Waals surface area contributed by atoms with Gasteiger partial charge in [0.1, 0.15) is 17.0 Å². The lowest BCUT2D eigenvalue weighted by Crippen LogP contribution is -2.57.